The van der Waals surface area contributed by atoms with Crippen LogP contribution in [0.4, 0.5) is 8.78 Å². The van der Waals surface area contributed by atoms with Crippen molar-refractivity contribution >= 4 is 11.0 Å². The quantitative estimate of drug-likeness (QED) is 0.772. The van der Waals surface area contributed by atoms with Crippen molar-refractivity contribution < 1.29 is 8.78 Å². The summed E-state index contributed by atoms with van der Waals surface area (Å²) in [5.74, 6) is -1.35. The van der Waals surface area contributed by atoms with Gasteiger partial charge in [-0.1, -0.05) is 6.92 Å². The minimum absolute atomic E-state index is 0.00856. The molecule has 2 aromatic heterocycles. The van der Waals surface area contributed by atoms with E-state index in [1.54, 1.807) is 11.7 Å². The Morgan fingerprint density at radius 3 is 2.79 bits per heavy atom. The molecule has 0 aliphatic heterocycles. The second-order valence-electron chi connectivity index (χ2n) is 4.34. The second kappa shape index (κ2) is 4.15. The van der Waals surface area contributed by atoms with Crippen molar-refractivity contribution in [1.82, 2.24) is 19.7 Å². The van der Waals surface area contributed by atoms with Gasteiger partial charge in [-0.3, -0.25) is 4.68 Å². The second-order valence-corrected chi connectivity index (χ2v) is 4.34. The van der Waals surface area contributed by atoms with E-state index >= 15 is 0 Å². The summed E-state index contributed by atoms with van der Waals surface area (Å²) in [7, 11) is 1.79. The first-order chi connectivity index (χ1) is 9.10. The van der Waals surface area contributed by atoms with E-state index < -0.39 is 11.6 Å². The van der Waals surface area contributed by atoms with Crippen molar-refractivity contribution in [3.63, 3.8) is 0 Å². The summed E-state index contributed by atoms with van der Waals surface area (Å²) < 4.78 is 28.4. The standard InChI is InChI=1S/C13H12F2N4/c1-3-7-6-10(19(2)18-7)13-16-9-5-4-8(14)11(15)12(9)17-13/h4-6H,3H2,1-2H3,(H,16,17). The lowest BCUT2D eigenvalue weighted by molar-refractivity contribution is 0.515. The van der Waals surface area contributed by atoms with Crippen molar-refractivity contribution in [2.45, 2.75) is 13.3 Å². The van der Waals surface area contributed by atoms with Gasteiger partial charge >= 0.3 is 0 Å². The lowest BCUT2D eigenvalue weighted by Crippen LogP contribution is -1.95. The molecule has 0 spiro atoms. The number of rotatable bonds is 2. The SMILES string of the molecule is CCc1cc(-c2nc3c(F)c(F)ccc3[nH]2)n(C)n1. The monoisotopic (exact) mass is 262 g/mol. The molecule has 1 aromatic carbocycles. The van der Waals surface area contributed by atoms with Crippen LogP contribution in [-0.4, -0.2) is 19.7 Å². The maximum absolute atomic E-state index is 13.6. The van der Waals surface area contributed by atoms with Gasteiger partial charge in [-0.05, 0) is 24.6 Å². The molecular formula is C13H12F2N4. The summed E-state index contributed by atoms with van der Waals surface area (Å²) in [6.07, 6.45) is 0.803. The largest absolute Gasteiger partial charge is 0.337 e. The zero-order valence-electron chi connectivity index (χ0n) is 10.5. The molecule has 3 aromatic rings. The summed E-state index contributed by atoms with van der Waals surface area (Å²) in [5.41, 5.74) is 2.14. The van der Waals surface area contributed by atoms with Crippen LogP contribution < -0.4 is 0 Å². The number of aromatic amines is 1. The van der Waals surface area contributed by atoms with Crippen LogP contribution in [0.3, 0.4) is 0 Å². The average molecular weight is 262 g/mol. The molecule has 0 radical (unpaired) electrons. The van der Waals surface area contributed by atoms with E-state index in [0.29, 0.717) is 11.3 Å². The predicted molar refractivity (Wildman–Crippen MR) is 67.6 cm³/mol. The number of aromatic nitrogens is 4. The molecule has 0 amide bonds. The molecule has 1 N–H and O–H groups in total. The average Bonchev–Trinajstić information content (AvgIpc) is 2.97. The Labute approximate surface area is 108 Å². The first-order valence-corrected chi connectivity index (χ1v) is 5.97. The van der Waals surface area contributed by atoms with Crippen LogP contribution in [0.2, 0.25) is 0 Å². The van der Waals surface area contributed by atoms with Crippen LogP contribution in [0.5, 0.6) is 0 Å². The third-order valence-electron chi connectivity index (χ3n) is 3.08. The number of benzene rings is 1. The minimum atomic E-state index is -0.933. The molecule has 0 saturated heterocycles. The van der Waals surface area contributed by atoms with E-state index in [9.17, 15) is 8.78 Å². The molecule has 0 bridgehead atoms. The Kier molecular flexibility index (Phi) is 2.58. The van der Waals surface area contributed by atoms with Gasteiger partial charge in [0, 0.05) is 7.05 Å². The zero-order chi connectivity index (χ0) is 13.6. The van der Waals surface area contributed by atoms with Crippen molar-refractivity contribution in [3.05, 3.63) is 35.5 Å². The highest BCUT2D eigenvalue weighted by molar-refractivity contribution is 5.79. The highest BCUT2D eigenvalue weighted by Crippen LogP contribution is 2.24. The van der Waals surface area contributed by atoms with Gasteiger partial charge in [0.25, 0.3) is 0 Å². The molecule has 0 saturated carbocycles. The van der Waals surface area contributed by atoms with Crippen LogP contribution in [0.25, 0.3) is 22.6 Å². The van der Waals surface area contributed by atoms with Crippen molar-refractivity contribution in [2.24, 2.45) is 7.05 Å². The van der Waals surface area contributed by atoms with E-state index in [-0.39, 0.29) is 5.52 Å². The van der Waals surface area contributed by atoms with Gasteiger partial charge in [0.15, 0.2) is 17.5 Å². The molecule has 0 aliphatic carbocycles. The van der Waals surface area contributed by atoms with Gasteiger partial charge in [0.2, 0.25) is 0 Å². The topological polar surface area (TPSA) is 46.5 Å². The smallest absolute Gasteiger partial charge is 0.186 e. The van der Waals surface area contributed by atoms with Gasteiger partial charge < -0.3 is 4.98 Å². The van der Waals surface area contributed by atoms with Crippen molar-refractivity contribution in [3.8, 4) is 11.5 Å². The molecule has 0 atom stereocenters. The van der Waals surface area contributed by atoms with Gasteiger partial charge in [0.1, 0.15) is 11.2 Å². The molecule has 3 rings (SSSR count). The Morgan fingerprint density at radius 2 is 2.11 bits per heavy atom. The van der Waals surface area contributed by atoms with Gasteiger partial charge in [-0.25, -0.2) is 13.8 Å². The minimum Gasteiger partial charge on any atom is -0.337 e. The number of halogens is 2. The molecule has 6 heteroatoms. The predicted octanol–water partition coefficient (Wildman–Crippen LogP) is 2.80. The molecular weight excluding hydrogens is 250 g/mol. The molecule has 19 heavy (non-hydrogen) atoms. The van der Waals surface area contributed by atoms with E-state index in [4.69, 9.17) is 0 Å². The maximum atomic E-state index is 13.6. The fraction of sp³-hybridized carbons (Fsp3) is 0.231. The summed E-state index contributed by atoms with van der Waals surface area (Å²) in [6.45, 7) is 2.00. The van der Waals surface area contributed by atoms with Gasteiger partial charge in [-0.15, -0.1) is 0 Å². The number of hydrogen-bond donors (Lipinski definition) is 1. The number of H-pyrrole nitrogens is 1. The Bertz CT molecular complexity index is 757. The summed E-state index contributed by atoms with van der Waals surface area (Å²) in [5, 5.41) is 4.30. The lowest BCUT2D eigenvalue weighted by Gasteiger charge is -1.95. The molecule has 0 fully saturated rings. The fourth-order valence-corrected chi connectivity index (χ4v) is 2.06. The van der Waals surface area contributed by atoms with Crippen molar-refractivity contribution in [2.75, 3.05) is 0 Å². The van der Waals surface area contributed by atoms with Crippen LogP contribution in [0.1, 0.15) is 12.6 Å². The van der Waals surface area contributed by atoms with E-state index in [1.165, 1.54) is 6.07 Å². The number of nitrogens with zero attached hydrogens (tertiary/aromatic N) is 3. The highest BCUT2D eigenvalue weighted by Gasteiger charge is 2.15. The van der Waals surface area contributed by atoms with Crippen LogP contribution in [0.15, 0.2) is 18.2 Å². The molecule has 4 nitrogen and oxygen atoms in total. The van der Waals surface area contributed by atoms with Crippen LogP contribution in [0, 0.1) is 11.6 Å². The number of aryl methyl sites for hydroxylation is 2. The molecule has 2 heterocycles. The Hall–Kier alpha value is -2.24. The fourth-order valence-electron chi connectivity index (χ4n) is 2.06. The van der Waals surface area contributed by atoms with Gasteiger partial charge in [-0.2, -0.15) is 5.10 Å². The third-order valence-corrected chi connectivity index (χ3v) is 3.08. The van der Waals surface area contributed by atoms with E-state index in [2.05, 4.69) is 15.1 Å². The summed E-state index contributed by atoms with van der Waals surface area (Å²) in [6, 6.07) is 4.44. The highest BCUT2D eigenvalue weighted by atomic mass is 19.2. The van der Waals surface area contributed by atoms with Crippen molar-refractivity contribution in [1.29, 1.82) is 0 Å². The van der Waals surface area contributed by atoms with Gasteiger partial charge in [0.05, 0.1) is 11.2 Å². The maximum Gasteiger partial charge on any atom is 0.186 e. The van der Waals surface area contributed by atoms with E-state index in [0.717, 1.165) is 23.9 Å². The third kappa shape index (κ3) is 1.80. The molecule has 0 unspecified atom stereocenters. The normalized spacial score (nSPS) is 11.4. The molecule has 0 aliphatic rings. The van der Waals surface area contributed by atoms with Crippen LogP contribution in [-0.2, 0) is 13.5 Å². The first-order valence-electron chi connectivity index (χ1n) is 5.97. The number of hydrogen-bond acceptors (Lipinski definition) is 2. The number of nitrogens with one attached hydrogen (secondary N) is 1. The van der Waals surface area contributed by atoms with Crippen LogP contribution >= 0.6 is 0 Å². The Morgan fingerprint density at radius 1 is 1.32 bits per heavy atom. The number of fused-ring (bicyclic) bond motifs is 1. The number of imidazole rings is 1. The Balaban J connectivity index is 2.20. The summed E-state index contributed by atoms with van der Waals surface area (Å²) in [4.78, 5) is 7.10. The van der Waals surface area contributed by atoms with E-state index in [1.807, 2.05) is 13.0 Å². The summed E-state index contributed by atoms with van der Waals surface area (Å²) >= 11 is 0. The lowest BCUT2D eigenvalue weighted by atomic mass is 10.3. The zero-order valence-corrected chi connectivity index (χ0v) is 10.5. The molecule has 98 valence electrons. The first kappa shape index (κ1) is 11.8.